The fourth-order valence-corrected chi connectivity index (χ4v) is 1.58. The molecule has 0 amide bonds. The summed E-state index contributed by atoms with van der Waals surface area (Å²) in [4.78, 5) is 0. The summed E-state index contributed by atoms with van der Waals surface area (Å²) in [6.07, 6.45) is 1.22. The monoisotopic (exact) mass is 191 g/mol. The summed E-state index contributed by atoms with van der Waals surface area (Å²) in [5, 5.41) is 3.44. The topological polar surface area (TPSA) is 64.1 Å². The first-order valence-electron chi connectivity index (χ1n) is 4.90. The van der Waals surface area contributed by atoms with Crippen LogP contribution in [0, 0.1) is 5.41 Å². The maximum Gasteiger partial charge on any atom is 0.0568 e. The molecule has 0 aromatic heterocycles. The van der Waals surface area contributed by atoms with Gasteiger partial charge in [-0.15, -0.1) is 0 Å². The third-order valence-corrected chi connectivity index (χ3v) is 2.94. The highest BCUT2D eigenvalue weighted by atomic mass is 15.0. The van der Waals surface area contributed by atoms with Crippen molar-refractivity contribution in [2.45, 2.75) is 26.3 Å². The van der Waals surface area contributed by atoms with E-state index < -0.39 is 0 Å². The molecular formula is C11H17N3. The summed E-state index contributed by atoms with van der Waals surface area (Å²) in [5.74, 6) is 0. The van der Waals surface area contributed by atoms with Crippen molar-refractivity contribution >= 4 is 17.1 Å². The number of nitrogen functional groups attached to an aromatic ring is 2. The zero-order chi connectivity index (χ0) is 10.3. The average molecular weight is 191 g/mol. The van der Waals surface area contributed by atoms with E-state index in [1.165, 1.54) is 6.42 Å². The summed E-state index contributed by atoms with van der Waals surface area (Å²) >= 11 is 0. The van der Waals surface area contributed by atoms with Crippen LogP contribution in [-0.4, -0.2) is 6.04 Å². The summed E-state index contributed by atoms with van der Waals surface area (Å²) in [7, 11) is 0. The van der Waals surface area contributed by atoms with Crippen molar-refractivity contribution in [3.05, 3.63) is 18.2 Å². The van der Waals surface area contributed by atoms with Gasteiger partial charge in [-0.1, -0.05) is 13.8 Å². The number of nitrogens with two attached hydrogens (primary N) is 2. The zero-order valence-electron chi connectivity index (χ0n) is 8.67. The first-order valence-corrected chi connectivity index (χ1v) is 4.90. The molecule has 0 radical (unpaired) electrons. The summed E-state index contributed by atoms with van der Waals surface area (Å²) < 4.78 is 0. The molecule has 1 aliphatic rings. The van der Waals surface area contributed by atoms with E-state index in [4.69, 9.17) is 11.5 Å². The molecule has 14 heavy (non-hydrogen) atoms. The number of nitrogens with one attached hydrogen (secondary N) is 1. The van der Waals surface area contributed by atoms with Gasteiger partial charge < -0.3 is 16.8 Å². The molecule has 0 heterocycles. The highest BCUT2D eigenvalue weighted by Crippen LogP contribution is 2.46. The van der Waals surface area contributed by atoms with Crippen molar-refractivity contribution in [1.82, 2.24) is 0 Å². The minimum Gasteiger partial charge on any atom is -0.397 e. The first-order chi connectivity index (χ1) is 6.49. The number of hydrogen-bond acceptors (Lipinski definition) is 3. The van der Waals surface area contributed by atoms with Gasteiger partial charge in [-0.3, -0.25) is 0 Å². The Morgan fingerprint density at radius 3 is 2.43 bits per heavy atom. The fourth-order valence-electron chi connectivity index (χ4n) is 1.58. The van der Waals surface area contributed by atoms with Crippen molar-refractivity contribution in [2.24, 2.45) is 5.41 Å². The van der Waals surface area contributed by atoms with Gasteiger partial charge in [0.05, 0.1) is 11.4 Å². The number of rotatable bonds is 2. The highest BCUT2D eigenvalue weighted by molar-refractivity contribution is 5.69. The molecule has 3 nitrogen and oxygen atoms in total. The molecule has 76 valence electrons. The van der Waals surface area contributed by atoms with Gasteiger partial charge in [-0.2, -0.15) is 0 Å². The molecule has 1 aliphatic carbocycles. The molecule has 1 unspecified atom stereocenters. The van der Waals surface area contributed by atoms with Crippen LogP contribution in [0.15, 0.2) is 18.2 Å². The van der Waals surface area contributed by atoms with Crippen LogP contribution in [-0.2, 0) is 0 Å². The van der Waals surface area contributed by atoms with Crippen molar-refractivity contribution in [3.63, 3.8) is 0 Å². The first kappa shape index (κ1) is 9.19. The van der Waals surface area contributed by atoms with E-state index in [-0.39, 0.29) is 0 Å². The molecule has 1 fully saturated rings. The summed E-state index contributed by atoms with van der Waals surface area (Å²) in [6.45, 7) is 4.51. The van der Waals surface area contributed by atoms with Crippen LogP contribution >= 0.6 is 0 Å². The Bertz CT molecular complexity index is 358. The lowest BCUT2D eigenvalue weighted by molar-refractivity contribution is 0.630. The van der Waals surface area contributed by atoms with E-state index in [2.05, 4.69) is 19.2 Å². The van der Waals surface area contributed by atoms with Gasteiger partial charge in [0, 0.05) is 11.7 Å². The van der Waals surface area contributed by atoms with Crippen molar-refractivity contribution in [2.75, 3.05) is 16.8 Å². The summed E-state index contributed by atoms with van der Waals surface area (Å²) in [5.41, 5.74) is 14.1. The molecule has 0 saturated heterocycles. The lowest BCUT2D eigenvalue weighted by Gasteiger charge is -2.09. The molecular weight excluding hydrogens is 174 g/mol. The largest absolute Gasteiger partial charge is 0.397 e. The minimum absolute atomic E-state index is 0.427. The smallest absolute Gasteiger partial charge is 0.0568 e. The molecule has 1 atom stereocenters. The van der Waals surface area contributed by atoms with Crippen molar-refractivity contribution in [1.29, 1.82) is 0 Å². The fraction of sp³-hybridized carbons (Fsp3) is 0.455. The molecule has 0 bridgehead atoms. The van der Waals surface area contributed by atoms with Crippen LogP contribution in [0.5, 0.6) is 0 Å². The van der Waals surface area contributed by atoms with E-state index in [1.807, 2.05) is 18.2 Å². The van der Waals surface area contributed by atoms with Gasteiger partial charge in [-0.05, 0) is 30.0 Å². The summed E-state index contributed by atoms with van der Waals surface area (Å²) in [6, 6.07) is 6.28. The normalized spacial score (nSPS) is 23.1. The molecule has 0 spiro atoms. The Morgan fingerprint density at radius 2 is 1.93 bits per heavy atom. The Morgan fingerprint density at radius 1 is 1.29 bits per heavy atom. The van der Waals surface area contributed by atoms with Crippen LogP contribution in [0.25, 0.3) is 0 Å². The van der Waals surface area contributed by atoms with Crippen LogP contribution < -0.4 is 16.8 Å². The molecule has 2 rings (SSSR count). The van der Waals surface area contributed by atoms with E-state index in [9.17, 15) is 0 Å². The Hall–Kier alpha value is -1.38. The molecule has 0 aliphatic heterocycles. The van der Waals surface area contributed by atoms with E-state index in [1.54, 1.807) is 0 Å². The van der Waals surface area contributed by atoms with Crippen LogP contribution in [0.4, 0.5) is 17.1 Å². The lowest BCUT2D eigenvalue weighted by Crippen LogP contribution is -2.08. The van der Waals surface area contributed by atoms with Gasteiger partial charge in [-0.25, -0.2) is 0 Å². The van der Waals surface area contributed by atoms with Crippen LogP contribution in [0.3, 0.4) is 0 Å². The van der Waals surface area contributed by atoms with E-state index in [0.717, 1.165) is 5.69 Å². The predicted octanol–water partition coefficient (Wildman–Crippen LogP) is 2.06. The second-order valence-corrected chi connectivity index (χ2v) is 4.73. The highest BCUT2D eigenvalue weighted by Gasteiger charge is 2.45. The zero-order valence-corrected chi connectivity index (χ0v) is 8.67. The predicted molar refractivity (Wildman–Crippen MR) is 61.1 cm³/mol. The van der Waals surface area contributed by atoms with Gasteiger partial charge in [0.25, 0.3) is 0 Å². The van der Waals surface area contributed by atoms with E-state index in [0.29, 0.717) is 22.8 Å². The quantitative estimate of drug-likeness (QED) is 0.627. The van der Waals surface area contributed by atoms with Crippen molar-refractivity contribution in [3.8, 4) is 0 Å². The Balaban J connectivity index is 2.08. The minimum atomic E-state index is 0.427. The van der Waals surface area contributed by atoms with Gasteiger partial charge in [0.15, 0.2) is 0 Å². The Kier molecular flexibility index (Phi) is 1.84. The SMILES string of the molecule is CC1(C)CC1Nc1ccc(N)c(N)c1. The second-order valence-electron chi connectivity index (χ2n) is 4.73. The third-order valence-electron chi connectivity index (χ3n) is 2.94. The average Bonchev–Trinajstić information content (AvgIpc) is 2.67. The molecule has 1 saturated carbocycles. The number of anilines is 3. The second kappa shape index (κ2) is 2.80. The van der Waals surface area contributed by atoms with Gasteiger partial charge >= 0.3 is 0 Å². The third kappa shape index (κ3) is 1.62. The van der Waals surface area contributed by atoms with Crippen LogP contribution in [0.2, 0.25) is 0 Å². The maximum atomic E-state index is 5.72. The van der Waals surface area contributed by atoms with Gasteiger partial charge in [0.1, 0.15) is 0 Å². The van der Waals surface area contributed by atoms with Gasteiger partial charge in [0.2, 0.25) is 0 Å². The van der Waals surface area contributed by atoms with E-state index >= 15 is 0 Å². The van der Waals surface area contributed by atoms with Crippen molar-refractivity contribution < 1.29 is 0 Å². The maximum absolute atomic E-state index is 5.72. The molecule has 3 heteroatoms. The lowest BCUT2D eigenvalue weighted by atomic mass is 10.2. The number of hydrogen-bond donors (Lipinski definition) is 3. The number of benzene rings is 1. The molecule has 1 aromatic carbocycles. The standard InChI is InChI=1S/C11H17N3/c1-11(2)6-10(11)14-7-3-4-8(12)9(13)5-7/h3-5,10,14H,6,12-13H2,1-2H3. The molecule has 5 N–H and O–H groups in total. The molecule has 1 aromatic rings. The van der Waals surface area contributed by atoms with Crippen LogP contribution in [0.1, 0.15) is 20.3 Å². The Labute approximate surface area is 84.5 Å².